The second kappa shape index (κ2) is 6.23. The van der Waals surface area contributed by atoms with E-state index in [0.717, 1.165) is 11.6 Å². The van der Waals surface area contributed by atoms with Crippen LogP contribution < -0.4 is 16.2 Å². The molecule has 21 heavy (non-hydrogen) atoms. The molecule has 0 bridgehead atoms. The maximum Gasteiger partial charge on any atom is 0.250 e. The average Bonchev–Trinajstić information content (AvgIpc) is 2.43. The van der Waals surface area contributed by atoms with Gasteiger partial charge in [0, 0.05) is 18.4 Å². The molecular formula is C15H15FN2O3. The van der Waals surface area contributed by atoms with Crippen molar-refractivity contribution in [1.82, 2.24) is 0 Å². The number of rotatable bonds is 5. The Hall–Kier alpha value is -2.60. The summed E-state index contributed by atoms with van der Waals surface area (Å²) in [4.78, 5) is 11.2. The van der Waals surface area contributed by atoms with Gasteiger partial charge in [-0.15, -0.1) is 0 Å². The molecule has 5 nitrogen and oxygen atoms in total. The van der Waals surface area contributed by atoms with Crippen LogP contribution in [0.1, 0.15) is 15.9 Å². The Morgan fingerprint density at radius 3 is 2.62 bits per heavy atom. The number of nitrogen functional groups attached to an aromatic ring is 1. The van der Waals surface area contributed by atoms with Crippen molar-refractivity contribution in [2.45, 2.75) is 6.42 Å². The van der Waals surface area contributed by atoms with Crippen LogP contribution >= 0.6 is 0 Å². The van der Waals surface area contributed by atoms with Crippen molar-refractivity contribution in [3.05, 3.63) is 53.3 Å². The molecule has 0 aliphatic carbocycles. The maximum absolute atomic E-state index is 13.9. The lowest BCUT2D eigenvalue weighted by molar-refractivity contribution is 0.100. The molecule has 0 aliphatic rings. The van der Waals surface area contributed by atoms with E-state index in [1.54, 1.807) is 24.3 Å². The first-order valence-corrected chi connectivity index (χ1v) is 6.28. The molecule has 0 spiro atoms. The molecular weight excluding hydrogens is 275 g/mol. The number of ether oxygens (including phenoxy) is 1. The van der Waals surface area contributed by atoms with Crippen LogP contribution in [0, 0.1) is 5.82 Å². The number of amides is 1. The lowest BCUT2D eigenvalue weighted by Gasteiger charge is -2.12. The summed E-state index contributed by atoms with van der Waals surface area (Å²) in [6.07, 6.45) is 0.370. The molecule has 110 valence electrons. The van der Waals surface area contributed by atoms with Gasteiger partial charge in [-0.3, -0.25) is 4.79 Å². The van der Waals surface area contributed by atoms with E-state index in [1.165, 1.54) is 6.07 Å². The minimum absolute atomic E-state index is 0.00830. The summed E-state index contributed by atoms with van der Waals surface area (Å²) < 4.78 is 19.4. The molecule has 0 fully saturated rings. The molecule has 5 N–H and O–H groups in total. The summed E-state index contributed by atoms with van der Waals surface area (Å²) in [6, 6.07) is 9.07. The summed E-state index contributed by atoms with van der Waals surface area (Å²) in [5.41, 5.74) is 11.4. The number of aliphatic hydroxyl groups excluding tert-OH is 1. The molecule has 0 radical (unpaired) electrons. The van der Waals surface area contributed by atoms with Crippen molar-refractivity contribution in [2.75, 3.05) is 12.3 Å². The summed E-state index contributed by atoms with van der Waals surface area (Å²) >= 11 is 0. The number of aliphatic hydroxyl groups is 1. The van der Waals surface area contributed by atoms with E-state index in [2.05, 4.69) is 0 Å². The molecule has 6 heteroatoms. The monoisotopic (exact) mass is 290 g/mol. The number of primary amides is 1. The summed E-state index contributed by atoms with van der Waals surface area (Å²) in [5.74, 6) is -1.22. The van der Waals surface area contributed by atoms with Gasteiger partial charge in [-0.05, 0) is 24.1 Å². The van der Waals surface area contributed by atoms with E-state index in [4.69, 9.17) is 21.3 Å². The number of nitrogens with two attached hydrogens (primary N) is 2. The Morgan fingerprint density at radius 1 is 1.24 bits per heavy atom. The molecule has 2 aromatic rings. The van der Waals surface area contributed by atoms with Gasteiger partial charge in [-0.2, -0.15) is 0 Å². The molecule has 0 unspecified atom stereocenters. The Morgan fingerprint density at radius 2 is 1.95 bits per heavy atom. The molecule has 0 aliphatic heterocycles. The van der Waals surface area contributed by atoms with E-state index in [9.17, 15) is 9.18 Å². The highest BCUT2D eigenvalue weighted by atomic mass is 19.1. The molecule has 2 aromatic carbocycles. The van der Waals surface area contributed by atoms with Crippen LogP contribution in [0.4, 0.5) is 10.1 Å². The number of hydrogen-bond acceptors (Lipinski definition) is 4. The predicted octanol–water partition coefficient (Wildman–Crippen LogP) is 1.83. The minimum Gasteiger partial charge on any atom is -0.454 e. The third-order valence-corrected chi connectivity index (χ3v) is 2.94. The first-order chi connectivity index (χ1) is 10.0. The Labute approximate surface area is 120 Å². The van der Waals surface area contributed by atoms with Crippen molar-refractivity contribution < 1.29 is 19.0 Å². The quantitative estimate of drug-likeness (QED) is 0.732. The second-order valence-electron chi connectivity index (χ2n) is 4.42. The highest BCUT2D eigenvalue weighted by Gasteiger charge is 2.14. The van der Waals surface area contributed by atoms with E-state index < -0.39 is 11.7 Å². The zero-order chi connectivity index (χ0) is 15.4. The van der Waals surface area contributed by atoms with Crippen LogP contribution in [-0.4, -0.2) is 17.6 Å². The average molecular weight is 290 g/mol. The van der Waals surface area contributed by atoms with E-state index in [-0.39, 0.29) is 23.6 Å². The molecule has 0 saturated heterocycles. The minimum atomic E-state index is -0.763. The standard InChI is InChI=1S/C15H15FN2O3/c16-11-8-12(17)10(15(18)20)7-14(11)21-13-4-2-1-3-9(13)5-6-19/h1-4,7-8,19H,5-6,17H2,(H2,18,20). The molecule has 0 atom stereocenters. The third-order valence-electron chi connectivity index (χ3n) is 2.94. The smallest absolute Gasteiger partial charge is 0.250 e. The Kier molecular flexibility index (Phi) is 4.39. The number of benzene rings is 2. The summed E-state index contributed by atoms with van der Waals surface area (Å²) in [5, 5.41) is 9.01. The number of hydrogen-bond donors (Lipinski definition) is 3. The first-order valence-electron chi connectivity index (χ1n) is 6.28. The van der Waals surface area contributed by atoms with Gasteiger partial charge in [0.1, 0.15) is 5.75 Å². The van der Waals surface area contributed by atoms with Crippen molar-refractivity contribution in [1.29, 1.82) is 0 Å². The summed E-state index contributed by atoms with van der Waals surface area (Å²) in [6.45, 7) is -0.0584. The van der Waals surface area contributed by atoms with E-state index in [0.29, 0.717) is 12.2 Å². The fourth-order valence-electron chi connectivity index (χ4n) is 1.91. The van der Waals surface area contributed by atoms with E-state index in [1.807, 2.05) is 0 Å². The van der Waals surface area contributed by atoms with Gasteiger partial charge in [-0.1, -0.05) is 18.2 Å². The lowest BCUT2D eigenvalue weighted by Crippen LogP contribution is -2.14. The van der Waals surface area contributed by atoms with Gasteiger partial charge < -0.3 is 21.3 Å². The SMILES string of the molecule is NC(=O)c1cc(Oc2ccccc2CCO)c(F)cc1N. The molecule has 2 rings (SSSR count). The topological polar surface area (TPSA) is 98.6 Å². The van der Waals surface area contributed by atoms with Crippen LogP contribution in [0.3, 0.4) is 0 Å². The first kappa shape index (κ1) is 14.8. The highest BCUT2D eigenvalue weighted by Crippen LogP contribution is 2.30. The molecule has 1 amide bonds. The van der Waals surface area contributed by atoms with Crippen molar-refractivity contribution in [3.8, 4) is 11.5 Å². The summed E-state index contributed by atoms with van der Waals surface area (Å²) in [7, 11) is 0. The zero-order valence-corrected chi connectivity index (χ0v) is 11.2. The fraction of sp³-hybridized carbons (Fsp3) is 0.133. The van der Waals surface area contributed by atoms with Crippen molar-refractivity contribution in [3.63, 3.8) is 0 Å². The maximum atomic E-state index is 13.9. The number of para-hydroxylation sites is 1. The molecule has 0 saturated carbocycles. The van der Waals surface area contributed by atoms with Crippen LogP contribution in [0.5, 0.6) is 11.5 Å². The Balaban J connectivity index is 2.40. The van der Waals surface area contributed by atoms with Gasteiger partial charge in [-0.25, -0.2) is 4.39 Å². The van der Waals surface area contributed by atoms with Gasteiger partial charge in [0.15, 0.2) is 11.6 Å². The van der Waals surface area contributed by atoms with Crippen LogP contribution in [-0.2, 0) is 6.42 Å². The Bertz CT molecular complexity index is 674. The second-order valence-corrected chi connectivity index (χ2v) is 4.42. The van der Waals surface area contributed by atoms with Crippen LogP contribution in [0.25, 0.3) is 0 Å². The third kappa shape index (κ3) is 3.29. The lowest BCUT2D eigenvalue weighted by atomic mass is 10.1. The normalized spacial score (nSPS) is 10.4. The van der Waals surface area contributed by atoms with Crippen molar-refractivity contribution >= 4 is 11.6 Å². The van der Waals surface area contributed by atoms with Gasteiger partial charge in [0.05, 0.1) is 5.56 Å². The van der Waals surface area contributed by atoms with E-state index >= 15 is 0 Å². The zero-order valence-electron chi connectivity index (χ0n) is 11.2. The fourth-order valence-corrected chi connectivity index (χ4v) is 1.91. The van der Waals surface area contributed by atoms with Gasteiger partial charge in [0.2, 0.25) is 0 Å². The van der Waals surface area contributed by atoms with Crippen molar-refractivity contribution in [2.24, 2.45) is 5.73 Å². The molecule has 0 aromatic heterocycles. The van der Waals surface area contributed by atoms with Crippen LogP contribution in [0.2, 0.25) is 0 Å². The predicted molar refractivity (Wildman–Crippen MR) is 76.6 cm³/mol. The van der Waals surface area contributed by atoms with Gasteiger partial charge in [0.25, 0.3) is 5.91 Å². The van der Waals surface area contributed by atoms with Gasteiger partial charge >= 0.3 is 0 Å². The number of anilines is 1. The molecule has 0 heterocycles. The largest absolute Gasteiger partial charge is 0.454 e. The number of carbonyl (C=O) groups excluding carboxylic acids is 1. The number of halogens is 1. The highest BCUT2D eigenvalue weighted by molar-refractivity contribution is 5.98. The van der Waals surface area contributed by atoms with Crippen LogP contribution in [0.15, 0.2) is 36.4 Å². The number of carbonyl (C=O) groups is 1.